The molecule has 0 spiro atoms. The third-order valence-corrected chi connectivity index (χ3v) is 2.13. The number of rotatable bonds is 3. The summed E-state index contributed by atoms with van der Waals surface area (Å²) >= 11 is 5.53. The van der Waals surface area contributed by atoms with Gasteiger partial charge in [-0.25, -0.2) is 4.39 Å². The van der Waals surface area contributed by atoms with Crippen LogP contribution < -0.4 is 4.74 Å². The van der Waals surface area contributed by atoms with Gasteiger partial charge in [-0.15, -0.1) is 0 Å². The van der Waals surface area contributed by atoms with E-state index < -0.39 is 5.82 Å². The summed E-state index contributed by atoms with van der Waals surface area (Å²) in [6, 6.07) is 4.19. The molecule has 16 heavy (non-hydrogen) atoms. The van der Waals surface area contributed by atoms with Crippen LogP contribution in [0.2, 0.25) is 5.02 Å². The summed E-state index contributed by atoms with van der Waals surface area (Å²) in [6.45, 7) is 1.80. The fourth-order valence-corrected chi connectivity index (χ4v) is 1.23. The maximum atomic E-state index is 13.0. The van der Waals surface area contributed by atoms with Crippen LogP contribution in [0.1, 0.15) is 11.7 Å². The lowest BCUT2D eigenvalue weighted by molar-refractivity contribution is 0.242. The minimum atomic E-state index is -0.527. The molecule has 4 nitrogen and oxygen atoms in total. The van der Waals surface area contributed by atoms with E-state index in [4.69, 9.17) is 20.9 Å². The summed E-state index contributed by atoms with van der Waals surface area (Å²) in [4.78, 5) is 3.94. The van der Waals surface area contributed by atoms with Gasteiger partial charge < -0.3 is 9.26 Å². The van der Waals surface area contributed by atoms with Gasteiger partial charge in [0.2, 0.25) is 0 Å². The normalized spacial score (nSPS) is 10.4. The second kappa shape index (κ2) is 4.49. The van der Waals surface area contributed by atoms with Crippen LogP contribution in [0.5, 0.6) is 5.75 Å². The van der Waals surface area contributed by atoms with Gasteiger partial charge in [-0.2, -0.15) is 4.98 Å². The quantitative estimate of drug-likeness (QED) is 0.830. The van der Waals surface area contributed by atoms with Gasteiger partial charge in [0.1, 0.15) is 11.6 Å². The Morgan fingerprint density at radius 2 is 2.31 bits per heavy atom. The number of aryl methyl sites for hydroxylation is 1. The van der Waals surface area contributed by atoms with Gasteiger partial charge in [0.05, 0.1) is 5.02 Å². The molecule has 0 aliphatic carbocycles. The topological polar surface area (TPSA) is 48.2 Å². The fraction of sp³-hybridized carbons (Fsp3) is 0.200. The molecule has 0 N–H and O–H groups in total. The number of aromatic nitrogens is 2. The van der Waals surface area contributed by atoms with Crippen LogP contribution >= 0.6 is 11.6 Å². The monoisotopic (exact) mass is 242 g/mol. The van der Waals surface area contributed by atoms with Gasteiger partial charge in [0.15, 0.2) is 12.4 Å². The van der Waals surface area contributed by atoms with E-state index in [9.17, 15) is 4.39 Å². The number of hydrogen-bond acceptors (Lipinski definition) is 4. The molecule has 84 valence electrons. The van der Waals surface area contributed by atoms with Crippen molar-refractivity contribution in [2.45, 2.75) is 13.5 Å². The number of hydrogen-bond donors (Lipinski definition) is 0. The van der Waals surface area contributed by atoms with E-state index in [1.807, 2.05) is 0 Å². The van der Waals surface area contributed by atoms with Gasteiger partial charge >= 0.3 is 0 Å². The van der Waals surface area contributed by atoms with Crippen LogP contribution in [-0.2, 0) is 6.61 Å². The molecule has 0 fully saturated rings. The van der Waals surface area contributed by atoms with Crippen molar-refractivity contribution in [2.24, 2.45) is 0 Å². The van der Waals surface area contributed by atoms with E-state index >= 15 is 0 Å². The van der Waals surface area contributed by atoms with Crippen molar-refractivity contribution >= 4 is 11.6 Å². The van der Waals surface area contributed by atoms with Crippen LogP contribution in [0.25, 0.3) is 0 Å². The van der Waals surface area contributed by atoms with Crippen LogP contribution in [-0.4, -0.2) is 10.1 Å². The minimum Gasteiger partial charge on any atom is -0.484 e. The molecule has 1 aromatic heterocycles. The highest BCUT2D eigenvalue weighted by atomic mass is 35.5. The number of halogens is 2. The Morgan fingerprint density at radius 3 is 2.94 bits per heavy atom. The molecule has 0 aliphatic rings. The average molecular weight is 243 g/mol. The summed E-state index contributed by atoms with van der Waals surface area (Å²) in [5.41, 5.74) is 0. The lowest BCUT2D eigenvalue weighted by atomic mass is 10.3. The first kappa shape index (κ1) is 10.9. The van der Waals surface area contributed by atoms with Gasteiger partial charge in [-0.3, -0.25) is 0 Å². The molecule has 0 amide bonds. The second-order valence-electron chi connectivity index (χ2n) is 3.10. The molecule has 2 aromatic rings. The summed E-state index contributed by atoms with van der Waals surface area (Å²) in [7, 11) is 0. The van der Waals surface area contributed by atoms with Crippen molar-refractivity contribution in [1.82, 2.24) is 10.1 Å². The Hall–Kier alpha value is -1.62. The van der Waals surface area contributed by atoms with Crippen LogP contribution in [0, 0.1) is 12.7 Å². The molecule has 1 aromatic carbocycles. The highest BCUT2D eigenvalue weighted by Crippen LogP contribution is 2.20. The fourth-order valence-electron chi connectivity index (χ4n) is 1.11. The standard InChI is InChI=1S/C10H8ClFN2O2/c1-6-13-10(16-14-6)5-15-7-2-3-8(11)9(12)4-7/h2-4H,5H2,1H3. The third kappa shape index (κ3) is 2.49. The number of ether oxygens (including phenoxy) is 1. The summed E-state index contributed by atoms with van der Waals surface area (Å²) in [5, 5.41) is 3.66. The van der Waals surface area contributed by atoms with E-state index in [0.717, 1.165) is 0 Å². The van der Waals surface area contributed by atoms with Crippen molar-refractivity contribution in [3.8, 4) is 5.75 Å². The second-order valence-corrected chi connectivity index (χ2v) is 3.51. The Bertz CT molecular complexity index is 501. The molecule has 1 heterocycles. The van der Waals surface area contributed by atoms with Crippen molar-refractivity contribution in [2.75, 3.05) is 0 Å². The smallest absolute Gasteiger partial charge is 0.264 e. The first-order chi connectivity index (χ1) is 7.65. The van der Waals surface area contributed by atoms with Gasteiger partial charge in [-0.1, -0.05) is 16.8 Å². The maximum Gasteiger partial charge on any atom is 0.264 e. The molecule has 2 rings (SSSR count). The van der Waals surface area contributed by atoms with E-state index in [0.29, 0.717) is 17.5 Å². The van der Waals surface area contributed by atoms with Crippen molar-refractivity contribution in [3.63, 3.8) is 0 Å². The lowest BCUT2D eigenvalue weighted by Crippen LogP contribution is -1.96. The Morgan fingerprint density at radius 1 is 1.50 bits per heavy atom. The summed E-state index contributed by atoms with van der Waals surface area (Å²) in [5.74, 6) is 0.701. The number of benzene rings is 1. The Kier molecular flexibility index (Phi) is 3.05. The van der Waals surface area contributed by atoms with E-state index in [1.165, 1.54) is 12.1 Å². The summed E-state index contributed by atoms with van der Waals surface area (Å²) in [6.07, 6.45) is 0. The van der Waals surface area contributed by atoms with E-state index in [2.05, 4.69) is 10.1 Å². The first-order valence-electron chi connectivity index (χ1n) is 4.52. The molecule has 0 atom stereocenters. The minimum absolute atomic E-state index is 0.0565. The zero-order valence-corrected chi connectivity index (χ0v) is 9.16. The van der Waals surface area contributed by atoms with Crippen LogP contribution in [0.4, 0.5) is 4.39 Å². The van der Waals surface area contributed by atoms with Gasteiger partial charge in [-0.05, 0) is 19.1 Å². The Labute approximate surface area is 96.0 Å². The van der Waals surface area contributed by atoms with Crippen molar-refractivity contribution in [3.05, 3.63) is 40.8 Å². The number of nitrogens with zero attached hydrogens (tertiary/aromatic N) is 2. The average Bonchev–Trinajstić information content (AvgIpc) is 2.66. The SMILES string of the molecule is Cc1noc(COc2ccc(Cl)c(F)c2)n1. The van der Waals surface area contributed by atoms with Crippen molar-refractivity contribution < 1.29 is 13.7 Å². The lowest BCUT2D eigenvalue weighted by Gasteiger charge is -2.03. The molecule has 6 heteroatoms. The van der Waals surface area contributed by atoms with E-state index in [1.54, 1.807) is 13.0 Å². The Balaban J connectivity index is 2.02. The molecule has 0 saturated heterocycles. The molecule has 0 unspecified atom stereocenters. The van der Waals surface area contributed by atoms with Crippen LogP contribution in [0.15, 0.2) is 22.7 Å². The summed E-state index contributed by atoms with van der Waals surface area (Å²) < 4.78 is 23.1. The molecular weight excluding hydrogens is 235 g/mol. The predicted molar refractivity (Wildman–Crippen MR) is 54.8 cm³/mol. The highest BCUT2D eigenvalue weighted by molar-refractivity contribution is 6.30. The highest BCUT2D eigenvalue weighted by Gasteiger charge is 2.05. The first-order valence-corrected chi connectivity index (χ1v) is 4.90. The zero-order valence-electron chi connectivity index (χ0n) is 8.41. The molecule has 0 bridgehead atoms. The maximum absolute atomic E-state index is 13.0. The van der Waals surface area contributed by atoms with E-state index in [-0.39, 0.29) is 11.6 Å². The zero-order chi connectivity index (χ0) is 11.5. The molecule has 0 radical (unpaired) electrons. The molecule has 0 saturated carbocycles. The van der Waals surface area contributed by atoms with Crippen molar-refractivity contribution in [1.29, 1.82) is 0 Å². The molecular formula is C10H8ClFN2O2. The predicted octanol–water partition coefficient (Wildman–Crippen LogP) is 2.75. The van der Waals surface area contributed by atoms with Gasteiger partial charge in [0.25, 0.3) is 5.89 Å². The largest absolute Gasteiger partial charge is 0.484 e. The van der Waals surface area contributed by atoms with Crippen LogP contribution in [0.3, 0.4) is 0 Å². The molecule has 0 aliphatic heterocycles. The van der Waals surface area contributed by atoms with Gasteiger partial charge in [0, 0.05) is 6.07 Å². The third-order valence-electron chi connectivity index (χ3n) is 1.82.